The number of nitrogens with one attached hydrogen (secondary N) is 1. The van der Waals surface area contributed by atoms with E-state index in [2.05, 4.69) is 4.72 Å². The largest absolute Gasteiger partial charge is 0.462 e. The van der Waals surface area contributed by atoms with E-state index in [9.17, 15) is 23.3 Å². The molecular formula is C16H15ClN2O6S. The maximum Gasteiger partial charge on any atom is 0.339 e. The Balaban J connectivity index is 2.16. The molecule has 0 heterocycles. The molecule has 0 aliphatic heterocycles. The van der Waals surface area contributed by atoms with Crippen molar-refractivity contribution in [1.82, 2.24) is 0 Å². The van der Waals surface area contributed by atoms with Gasteiger partial charge in [-0.2, -0.15) is 0 Å². The molecular weight excluding hydrogens is 384 g/mol. The third kappa shape index (κ3) is 5.17. The number of anilines is 1. The highest BCUT2D eigenvalue weighted by atomic mass is 35.5. The summed E-state index contributed by atoms with van der Waals surface area (Å²) in [7, 11) is -3.84. The van der Waals surface area contributed by atoms with Gasteiger partial charge < -0.3 is 4.74 Å². The Morgan fingerprint density at radius 3 is 2.62 bits per heavy atom. The van der Waals surface area contributed by atoms with Gasteiger partial charge in [-0.25, -0.2) is 13.2 Å². The molecule has 0 saturated carbocycles. The molecule has 0 bridgehead atoms. The standard InChI is InChI=1S/C16H15ClN2O6S/c1-2-25-16(20)14-7-6-12(9-15(14)17)18-26(23,24)10-11-4-3-5-13(8-11)19(21)22/h3-9,18H,2,10H2,1H3. The van der Waals surface area contributed by atoms with Gasteiger partial charge in [0.1, 0.15) is 0 Å². The maximum atomic E-state index is 12.3. The van der Waals surface area contributed by atoms with Gasteiger partial charge >= 0.3 is 5.97 Å². The molecule has 0 atom stereocenters. The Kier molecular flexibility index (Phi) is 6.17. The number of hydrogen-bond acceptors (Lipinski definition) is 6. The van der Waals surface area contributed by atoms with E-state index in [0.29, 0.717) is 0 Å². The summed E-state index contributed by atoms with van der Waals surface area (Å²) in [5.74, 6) is -1.06. The first-order chi connectivity index (χ1) is 12.2. The second-order valence-electron chi connectivity index (χ2n) is 5.20. The van der Waals surface area contributed by atoms with E-state index in [1.165, 1.54) is 42.5 Å². The highest BCUT2D eigenvalue weighted by Gasteiger charge is 2.17. The molecule has 26 heavy (non-hydrogen) atoms. The van der Waals surface area contributed by atoms with Crippen LogP contribution in [0.1, 0.15) is 22.8 Å². The van der Waals surface area contributed by atoms with Crippen molar-refractivity contribution in [2.75, 3.05) is 11.3 Å². The van der Waals surface area contributed by atoms with E-state index in [4.69, 9.17) is 16.3 Å². The van der Waals surface area contributed by atoms with Crippen LogP contribution >= 0.6 is 11.6 Å². The predicted molar refractivity (Wildman–Crippen MR) is 96.8 cm³/mol. The lowest BCUT2D eigenvalue weighted by atomic mass is 10.2. The third-order valence-corrected chi connectivity index (χ3v) is 4.79. The molecule has 1 N–H and O–H groups in total. The van der Waals surface area contributed by atoms with Crippen LogP contribution in [0.15, 0.2) is 42.5 Å². The van der Waals surface area contributed by atoms with Crippen molar-refractivity contribution in [3.8, 4) is 0 Å². The van der Waals surface area contributed by atoms with Crippen LogP contribution in [0.2, 0.25) is 5.02 Å². The first kappa shape index (κ1) is 19.7. The zero-order valence-corrected chi connectivity index (χ0v) is 15.2. The Morgan fingerprint density at radius 2 is 2.00 bits per heavy atom. The Labute approximate surface area is 154 Å². The maximum absolute atomic E-state index is 12.3. The molecule has 2 aromatic carbocycles. The van der Waals surface area contributed by atoms with Crippen LogP contribution in [0, 0.1) is 10.1 Å². The van der Waals surface area contributed by atoms with Gasteiger partial charge in [0.05, 0.1) is 33.6 Å². The van der Waals surface area contributed by atoms with E-state index < -0.39 is 26.7 Å². The monoisotopic (exact) mass is 398 g/mol. The van der Waals surface area contributed by atoms with Gasteiger partial charge in [-0.3, -0.25) is 14.8 Å². The summed E-state index contributed by atoms with van der Waals surface area (Å²) in [6.07, 6.45) is 0. The lowest BCUT2D eigenvalue weighted by Crippen LogP contribution is -2.15. The molecule has 138 valence electrons. The number of non-ortho nitro benzene ring substituents is 1. The van der Waals surface area contributed by atoms with Crippen molar-refractivity contribution in [2.45, 2.75) is 12.7 Å². The number of sulfonamides is 1. The average Bonchev–Trinajstić information content (AvgIpc) is 2.54. The van der Waals surface area contributed by atoms with Gasteiger partial charge in [0, 0.05) is 12.1 Å². The molecule has 0 aliphatic rings. The van der Waals surface area contributed by atoms with E-state index >= 15 is 0 Å². The van der Waals surface area contributed by atoms with E-state index in [1.54, 1.807) is 6.92 Å². The zero-order valence-electron chi connectivity index (χ0n) is 13.6. The molecule has 0 aliphatic carbocycles. The summed E-state index contributed by atoms with van der Waals surface area (Å²) in [4.78, 5) is 21.9. The van der Waals surface area contributed by atoms with Crippen molar-refractivity contribution >= 4 is 39.0 Å². The molecule has 2 rings (SSSR count). The van der Waals surface area contributed by atoms with Crippen LogP contribution in [0.25, 0.3) is 0 Å². The molecule has 0 unspecified atom stereocenters. The number of nitro benzene ring substituents is 1. The summed E-state index contributed by atoms with van der Waals surface area (Å²) < 4.78 is 31.7. The normalized spacial score (nSPS) is 11.0. The number of hydrogen-bond donors (Lipinski definition) is 1. The first-order valence-corrected chi connectivity index (χ1v) is 9.45. The summed E-state index contributed by atoms with van der Waals surface area (Å²) in [6, 6.07) is 9.37. The number of esters is 1. The summed E-state index contributed by atoms with van der Waals surface area (Å²) in [5.41, 5.74) is 0.351. The van der Waals surface area contributed by atoms with E-state index in [1.807, 2.05) is 0 Å². The molecule has 10 heteroatoms. The number of halogens is 1. The molecule has 0 amide bonds. The van der Waals surface area contributed by atoms with Crippen LogP contribution < -0.4 is 4.72 Å². The molecule has 0 fully saturated rings. The highest BCUT2D eigenvalue weighted by molar-refractivity contribution is 7.91. The van der Waals surface area contributed by atoms with E-state index in [0.717, 1.165) is 0 Å². The quantitative estimate of drug-likeness (QED) is 0.434. The van der Waals surface area contributed by atoms with Gasteiger partial charge in [-0.15, -0.1) is 0 Å². The van der Waals surface area contributed by atoms with Crippen molar-refractivity contribution in [1.29, 1.82) is 0 Å². The van der Waals surface area contributed by atoms with E-state index in [-0.39, 0.29) is 34.1 Å². The fraction of sp³-hybridized carbons (Fsp3) is 0.188. The molecule has 8 nitrogen and oxygen atoms in total. The number of nitro groups is 1. The summed E-state index contributed by atoms with van der Waals surface area (Å²) in [6.45, 7) is 1.84. The lowest BCUT2D eigenvalue weighted by Gasteiger charge is -2.10. The predicted octanol–water partition coefficient (Wildman–Crippen LogP) is 3.37. The fourth-order valence-corrected chi connectivity index (χ4v) is 3.58. The number of carbonyl (C=O) groups excluding carboxylic acids is 1. The van der Waals surface area contributed by atoms with Crippen molar-refractivity contribution in [2.24, 2.45) is 0 Å². The van der Waals surface area contributed by atoms with Gasteiger partial charge in [-0.05, 0) is 30.7 Å². The van der Waals surface area contributed by atoms with Crippen molar-refractivity contribution in [3.05, 3.63) is 68.7 Å². The van der Waals surface area contributed by atoms with Gasteiger partial charge in [-0.1, -0.05) is 23.7 Å². The van der Waals surface area contributed by atoms with Crippen LogP contribution in [-0.4, -0.2) is 25.9 Å². The highest BCUT2D eigenvalue weighted by Crippen LogP contribution is 2.23. The Hall–Kier alpha value is -2.65. The molecule has 0 radical (unpaired) electrons. The van der Waals surface area contributed by atoms with Crippen LogP contribution in [-0.2, 0) is 20.5 Å². The average molecular weight is 399 g/mol. The second kappa shape index (κ2) is 8.15. The smallest absolute Gasteiger partial charge is 0.339 e. The first-order valence-electron chi connectivity index (χ1n) is 7.42. The minimum Gasteiger partial charge on any atom is -0.462 e. The molecule has 0 aromatic heterocycles. The van der Waals surface area contributed by atoms with Crippen molar-refractivity contribution < 1.29 is 22.9 Å². The Bertz CT molecular complexity index is 946. The third-order valence-electron chi connectivity index (χ3n) is 3.22. The minimum atomic E-state index is -3.84. The van der Waals surface area contributed by atoms with Crippen LogP contribution in [0.3, 0.4) is 0 Å². The summed E-state index contributed by atoms with van der Waals surface area (Å²) >= 11 is 5.99. The number of rotatable bonds is 7. The molecule has 2 aromatic rings. The van der Waals surface area contributed by atoms with Crippen LogP contribution in [0.4, 0.5) is 11.4 Å². The van der Waals surface area contributed by atoms with Gasteiger partial charge in [0.15, 0.2) is 0 Å². The second-order valence-corrected chi connectivity index (χ2v) is 7.33. The van der Waals surface area contributed by atoms with Gasteiger partial charge in [0.2, 0.25) is 10.0 Å². The zero-order chi connectivity index (χ0) is 19.3. The number of benzene rings is 2. The SMILES string of the molecule is CCOC(=O)c1ccc(NS(=O)(=O)Cc2cccc([N+](=O)[O-])c2)cc1Cl. The van der Waals surface area contributed by atoms with Crippen LogP contribution in [0.5, 0.6) is 0 Å². The summed E-state index contributed by atoms with van der Waals surface area (Å²) in [5, 5.41) is 10.8. The number of nitrogens with zero attached hydrogens (tertiary/aromatic N) is 1. The molecule has 0 spiro atoms. The fourth-order valence-electron chi connectivity index (χ4n) is 2.15. The van der Waals surface area contributed by atoms with Gasteiger partial charge in [0.25, 0.3) is 5.69 Å². The number of ether oxygens (including phenoxy) is 1. The van der Waals surface area contributed by atoms with Crippen molar-refractivity contribution in [3.63, 3.8) is 0 Å². The number of carbonyl (C=O) groups is 1. The lowest BCUT2D eigenvalue weighted by molar-refractivity contribution is -0.384. The molecule has 0 saturated heterocycles. The minimum absolute atomic E-state index is 0.0407. The Morgan fingerprint density at radius 1 is 1.27 bits per heavy atom. The topological polar surface area (TPSA) is 116 Å².